The Balaban J connectivity index is 1.69. The summed E-state index contributed by atoms with van der Waals surface area (Å²) in [5, 5.41) is 0.00473. The van der Waals surface area contributed by atoms with Crippen molar-refractivity contribution in [1.29, 1.82) is 0 Å². The number of sulfonamides is 1. The number of nitrogens with zero attached hydrogens (tertiary/aromatic N) is 4. The summed E-state index contributed by atoms with van der Waals surface area (Å²) < 4.78 is 32.5. The van der Waals surface area contributed by atoms with Crippen LogP contribution in [0.4, 0.5) is 4.79 Å². The number of aryl methyl sites for hydroxylation is 1. The molecule has 0 spiro atoms. The summed E-state index contributed by atoms with van der Waals surface area (Å²) in [4.78, 5) is 28.1. The molecule has 120 valence electrons. The van der Waals surface area contributed by atoms with E-state index < -0.39 is 16.1 Å². The molecule has 0 radical (unpaired) electrons. The zero-order valence-corrected chi connectivity index (χ0v) is 12.8. The molecular weight excluding hydrogens is 312 g/mol. The second-order valence-corrected chi connectivity index (χ2v) is 7.22. The molecule has 9 nitrogen and oxygen atoms in total. The van der Waals surface area contributed by atoms with Crippen LogP contribution in [0.1, 0.15) is 12.8 Å². The summed E-state index contributed by atoms with van der Waals surface area (Å²) in [6.45, 7) is 0.243. The van der Waals surface area contributed by atoms with E-state index in [2.05, 4.69) is 9.72 Å². The molecule has 0 aliphatic carbocycles. The monoisotopic (exact) mass is 328 g/mol. The van der Waals surface area contributed by atoms with Gasteiger partial charge in [0.15, 0.2) is 11.6 Å². The molecule has 22 heavy (non-hydrogen) atoms. The van der Waals surface area contributed by atoms with Crippen LogP contribution < -0.4 is 0 Å². The van der Waals surface area contributed by atoms with Crippen molar-refractivity contribution in [3.05, 3.63) is 12.5 Å². The zero-order valence-electron chi connectivity index (χ0n) is 12.0. The molecule has 2 aliphatic heterocycles. The van der Waals surface area contributed by atoms with Gasteiger partial charge < -0.3 is 9.30 Å². The first-order valence-corrected chi connectivity index (χ1v) is 8.30. The van der Waals surface area contributed by atoms with Crippen molar-refractivity contribution in [2.45, 2.75) is 23.9 Å². The summed E-state index contributed by atoms with van der Waals surface area (Å²) in [7, 11) is -1.94. The van der Waals surface area contributed by atoms with Crippen LogP contribution >= 0.6 is 0 Å². The molecule has 10 heteroatoms. The topological polar surface area (TPSA) is 102 Å². The number of imide groups is 1. The van der Waals surface area contributed by atoms with Crippen molar-refractivity contribution >= 4 is 22.0 Å². The van der Waals surface area contributed by atoms with Crippen molar-refractivity contribution in [3.63, 3.8) is 0 Å². The highest BCUT2D eigenvalue weighted by atomic mass is 32.2. The Bertz CT molecular complexity index is 689. The Hall–Kier alpha value is -1.94. The number of aromatic nitrogens is 2. The Morgan fingerprint density at radius 2 is 1.95 bits per heavy atom. The van der Waals surface area contributed by atoms with E-state index in [9.17, 15) is 18.0 Å². The highest BCUT2D eigenvalue weighted by Gasteiger charge is 2.40. The molecule has 0 bridgehead atoms. The molecule has 1 aromatic rings. The van der Waals surface area contributed by atoms with Crippen molar-refractivity contribution < 1.29 is 22.7 Å². The van der Waals surface area contributed by atoms with Gasteiger partial charge in [-0.25, -0.2) is 23.1 Å². The van der Waals surface area contributed by atoms with Crippen LogP contribution in [0.5, 0.6) is 0 Å². The van der Waals surface area contributed by atoms with Crippen molar-refractivity contribution in [2.75, 3.05) is 19.7 Å². The van der Waals surface area contributed by atoms with E-state index in [1.54, 1.807) is 11.6 Å². The van der Waals surface area contributed by atoms with E-state index in [1.165, 1.54) is 16.8 Å². The number of ether oxygens (including phenoxy) is 1. The first-order valence-electron chi connectivity index (χ1n) is 6.86. The molecular formula is C12H16N4O5S. The maximum atomic E-state index is 12.4. The molecule has 2 aliphatic rings. The summed E-state index contributed by atoms with van der Waals surface area (Å²) in [6.07, 6.45) is 3.03. The van der Waals surface area contributed by atoms with Crippen LogP contribution in [0.25, 0.3) is 0 Å². The van der Waals surface area contributed by atoms with Crippen molar-refractivity contribution in [1.82, 2.24) is 18.8 Å². The van der Waals surface area contributed by atoms with E-state index in [-0.39, 0.29) is 36.7 Å². The third kappa shape index (κ3) is 2.48. The lowest BCUT2D eigenvalue weighted by Crippen LogP contribution is -2.48. The first-order chi connectivity index (χ1) is 10.4. The highest BCUT2D eigenvalue weighted by molar-refractivity contribution is 7.89. The van der Waals surface area contributed by atoms with Crippen LogP contribution in [0, 0.1) is 0 Å². The second-order valence-electron chi connectivity index (χ2n) is 5.33. The standard InChI is InChI=1S/C12H16N4O5S/c1-14-6-10(13-8-14)22(19,20)15-4-2-9(3-5-15)16-11(17)7-21-12(16)18/h6,8-9H,2-5,7H2,1H3. The molecule has 0 aromatic carbocycles. The van der Waals surface area contributed by atoms with Gasteiger partial charge in [0.1, 0.15) is 0 Å². The third-order valence-electron chi connectivity index (χ3n) is 3.86. The molecule has 0 atom stereocenters. The smallest absolute Gasteiger partial charge is 0.417 e. The fourth-order valence-electron chi connectivity index (χ4n) is 2.71. The zero-order chi connectivity index (χ0) is 15.9. The van der Waals surface area contributed by atoms with Crippen molar-refractivity contribution in [2.24, 2.45) is 7.05 Å². The fraction of sp³-hybridized carbons (Fsp3) is 0.583. The number of carbonyl (C=O) groups excluding carboxylic acids is 2. The highest BCUT2D eigenvalue weighted by Crippen LogP contribution is 2.24. The Morgan fingerprint density at radius 1 is 1.27 bits per heavy atom. The summed E-state index contributed by atoms with van der Waals surface area (Å²) in [5.74, 6) is -0.365. The van der Waals surface area contributed by atoms with Gasteiger partial charge in [0.05, 0.1) is 6.33 Å². The minimum Gasteiger partial charge on any atom is -0.439 e. The Kier molecular flexibility index (Phi) is 3.65. The van der Waals surface area contributed by atoms with Crippen LogP contribution in [-0.2, 0) is 26.6 Å². The summed E-state index contributed by atoms with van der Waals surface area (Å²) >= 11 is 0. The number of imidazole rings is 1. The van der Waals surface area contributed by atoms with E-state index in [0.717, 1.165) is 4.90 Å². The lowest BCUT2D eigenvalue weighted by atomic mass is 10.1. The lowest BCUT2D eigenvalue weighted by Gasteiger charge is -2.33. The van der Waals surface area contributed by atoms with Crippen LogP contribution in [0.3, 0.4) is 0 Å². The van der Waals surface area contributed by atoms with Gasteiger partial charge >= 0.3 is 6.09 Å². The number of hydrogen-bond donors (Lipinski definition) is 0. The molecule has 0 saturated carbocycles. The molecule has 1 aromatic heterocycles. The maximum absolute atomic E-state index is 12.4. The normalized spacial score (nSPS) is 21.4. The van der Waals surface area contributed by atoms with Crippen LogP contribution in [-0.4, -0.2) is 64.9 Å². The van der Waals surface area contributed by atoms with Crippen LogP contribution in [0.2, 0.25) is 0 Å². The number of rotatable bonds is 3. The maximum Gasteiger partial charge on any atom is 0.417 e. The van der Waals surface area contributed by atoms with Crippen molar-refractivity contribution in [3.8, 4) is 0 Å². The average Bonchev–Trinajstić information content (AvgIpc) is 3.06. The van der Waals surface area contributed by atoms with Gasteiger partial charge in [-0.3, -0.25) is 4.79 Å². The van der Waals surface area contributed by atoms with E-state index in [4.69, 9.17) is 0 Å². The minimum absolute atomic E-state index is 0.00473. The Labute approximate surface area is 127 Å². The van der Waals surface area contributed by atoms with E-state index >= 15 is 0 Å². The summed E-state index contributed by atoms with van der Waals surface area (Å²) in [5.41, 5.74) is 0. The molecule has 2 fully saturated rings. The van der Waals surface area contributed by atoms with Crippen LogP contribution in [0.15, 0.2) is 17.6 Å². The number of cyclic esters (lactones) is 1. The van der Waals surface area contributed by atoms with Gasteiger partial charge in [-0.1, -0.05) is 0 Å². The largest absolute Gasteiger partial charge is 0.439 e. The molecule has 2 amide bonds. The van der Waals surface area contributed by atoms with Gasteiger partial charge in [0, 0.05) is 32.4 Å². The number of carbonyl (C=O) groups is 2. The van der Waals surface area contributed by atoms with Gasteiger partial charge in [0.25, 0.3) is 15.9 Å². The molecule has 0 N–H and O–H groups in total. The predicted octanol–water partition coefficient (Wildman–Crippen LogP) is -0.448. The Morgan fingerprint density at radius 3 is 2.45 bits per heavy atom. The van der Waals surface area contributed by atoms with E-state index in [1.807, 2.05) is 0 Å². The number of piperidine rings is 1. The van der Waals surface area contributed by atoms with E-state index in [0.29, 0.717) is 12.8 Å². The molecule has 0 unspecified atom stereocenters. The average molecular weight is 328 g/mol. The van der Waals surface area contributed by atoms with Gasteiger partial charge in [0.2, 0.25) is 0 Å². The fourth-order valence-corrected chi connectivity index (χ4v) is 4.15. The van der Waals surface area contributed by atoms with Gasteiger partial charge in [-0.05, 0) is 12.8 Å². The molecule has 3 heterocycles. The quantitative estimate of drug-likeness (QED) is 0.745. The SMILES string of the molecule is Cn1cnc(S(=O)(=O)N2CCC(N3C(=O)COC3=O)CC2)c1. The molecule has 3 rings (SSSR count). The predicted molar refractivity (Wildman–Crippen MR) is 73.2 cm³/mol. The van der Waals surface area contributed by atoms with Gasteiger partial charge in [-0.2, -0.15) is 4.31 Å². The first kappa shape index (κ1) is 15.0. The number of hydrogen-bond acceptors (Lipinski definition) is 6. The third-order valence-corrected chi connectivity index (χ3v) is 5.64. The molecule has 2 saturated heterocycles. The number of amides is 2. The minimum atomic E-state index is -3.63. The summed E-state index contributed by atoms with van der Waals surface area (Å²) in [6, 6.07) is -0.308. The lowest BCUT2D eigenvalue weighted by molar-refractivity contribution is -0.127. The van der Waals surface area contributed by atoms with Gasteiger partial charge in [-0.15, -0.1) is 0 Å². The second kappa shape index (κ2) is 5.36.